The van der Waals surface area contributed by atoms with Crippen molar-refractivity contribution in [2.45, 2.75) is 12.5 Å². The number of aliphatic hydroxyl groups excluding tert-OH is 1. The first-order valence-corrected chi connectivity index (χ1v) is 7.02. The van der Waals surface area contributed by atoms with Gasteiger partial charge in [-0.05, 0) is 40.5 Å². The first kappa shape index (κ1) is 15.6. The Hall–Kier alpha value is -0.430. The molecule has 1 unspecified atom stereocenters. The summed E-state index contributed by atoms with van der Waals surface area (Å²) >= 11 is 6.66. The second-order valence-corrected chi connectivity index (χ2v) is 5.53. The van der Waals surface area contributed by atoms with Crippen molar-refractivity contribution in [2.75, 3.05) is 20.3 Å². The molecule has 0 aliphatic rings. The molecule has 0 saturated carbocycles. The van der Waals surface area contributed by atoms with Gasteiger partial charge in [-0.3, -0.25) is 4.79 Å². The van der Waals surface area contributed by atoms with Crippen LogP contribution in [0.1, 0.15) is 16.8 Å². The van der Waals surface area contributed by atoms with Crippen LogP contribution in [0.5, 0.6) is 0 Å². The molecule has 0 saturated heterocycles. The molecule has 0 aromatic heterocycles. The summed E-state index contributed by atoms with van der Waals surface area (Å²) in [6.45, 7) is 0.381. The topological polar surface area (TPSA) is 58.6 Å². The highest BCUT2D eigenvalue weighted by atomic mass is 79.9. The molecule has 1 atom stereocenters. The number of benzene rings is 1. The number of methoxy groups -OCH3 is 1. The highest BCUT2D eigenvalue weighted by Crippen LogP contribution is 2.21. The van der Waals surface area contributed by atoms with E-state index in [1.807, 2.05) is 6.07 Å². The highest BCUT2D eigenvalue weighted by Gasteiger charge is 2.15. The third-order valence-electron chi connectivity index (χ3n) is 2.35. The number of nitrogens with one attached hydrogen (secondary N) is 1. The summed E-state index contributed by atoms with van der Waals surface area (Å²) in [6, 6.07) is 5.19. The predicted octanol–water partition coefficient (Wildman–Crippen LogP) is 2.34. The van der Waals surface area contributed by atoms with Crippen molar-refractivity contribution < 1.29 is 14.6 Å². The number of hydrogen-bond acceptors (Lipinski definition) is 3. The van der Waals surface area contributed by atoms with Gasteiger partial charge < -0.3 is 15.2 Å². The molecule has 0 radical (unpaired) electrons. The van der Waals surface area contributed by atoms with Crippen LogP contribution in [-0.2, 0) is 4.74 Å². The van der Waals surface area contributed by atoms with Gasteiger partial charge in [0.15, 0.2) is 0 Å². The molecule has 0 aliphatic heterocycles. The number of rotatable bonds is 6. The van der Waals surface area contributed by atoms with Gasteiger partial charge in [0.1, 0.15) is 0 Å². The van der Waals surface area contributed by atoms with E-state index in [1.54, 1.807) is 19.2 Å². The quantitative estimate of drug-likeness (QED) is 0.796. The van der Waals surface area contributed by atoms with Gasteiger partial charge >= 0.3 is 0 Å². The van der Waals surface area contributed by atoms with E-state index >= 15 is 0 Å². The van der Waals surface area contributed by atoms with Crippen molar-refractivity contribution >= 4 is 37.8 Å². The second kappa shape index (κ2) is 7.89. The van der Waals surface area contributed by atoms with Crippen molar-refractivity contribution in [1.82, 2.24) is 5.32 Å². The average molecular weight is 381 g/mol. The van der Waals surface area contributed by atoms with Crippen LogP contribution >= 0.6 is 31.9 Å². The Morgan fingerprint density at radius 1 is 1.50 bits per heavy atom. The molecule has 1 aromatic carbocycles. The molecule has 0 fully saturated rings. The fourth-order valence-electron chi connectivity index (χ4n) is 1.49. The lowest BCUT2D eigenvalue weighted by Crippen LogP contribution is -2.38. The number of carbonyl (C=O) groups excluding carboxylic acids is 1. The van der Waals surface area contributed by atoms with Gasteiger partial charge in [-0.25, -0.2) is 0 Å². The van der Waals surface area contributed by atoms with E-state index in [2.05, 4.69) is 37.2 Å². The Kier molecular flexibility index (Phi) is 6.85. The second-order valence-electron chi connectivity index (χ2n) is 3.76. The van der Waals surface area contributed by atoms with Crippen LogP contribution in [0.2, 0.25) is 0 Å². The number of amides is 1. The minimum absolute atomic E-state index is 0.00790. The van der Waals surface area contributed by atoms with Gasteiger partial charge in [0.25, 0.3) is 5.91 Å². The maximum absolute atomic E-state index is 12.1. The lowest BCUT2D eigenvalue weighted by atomic mass is 10.1. The standard InChI is InChI=1S/C12H15Br2NO3/c1-18-7-9(4-5-16)15-12(17)10-6-8(13)2-3-11(10)14/h2-3,6,9,16H,4-5,7H2,1H3,(H,15,17). The van der Waals surface area contributed by atoms with Gasteiger partial charge in [-0.2, -0.15) is 0 Å². The zero-order valence-electron chi connectivity index (χ0n) is 9.95. The summed E-state index contributed by atoms with van der Waals surface area (Å²) in [5.74, 6) is -0.196. The normalized spacial score (nSPS) is 12.2. The first-order chi connectivity index (χ1) is 8.58. The zero-order chi connectivity index (χ0) is 13.5. The van der Waals surface area contributed by atoms with Crippen molar-refractivity contribution in [3.63, 3.8) is 0 Å². The van der Waals surface area contributed by atoms with E-state index in [0.717, 1.165) is 8.95 Å². The largest absolute Gasteiger partial charge is 0.396 e. The van der Waals surface area contributed by atoms with Crippen molar-refractivity contribution in [2.24, 2.45) is 0 Å². The molecule has 1 amide bonds. The molecule has 6 heteroatoms. The van der Waals surface area contributed by atoms with E-state index in [0.29, 0.717) is 18.6 Å². The Morgan fingerprint density at radius 2 is 2.22 bits per heavy atom. The van der Waals surface area contributed by atoms with E-state index in [-0.39, 0.29) is 18.6 Å². The third kappa shape index (κ3) is 4.68. The number of carbonyl (C=O) groups is 1. The maximum atomic E-state index is 12.1. The maximum Gasteiger partial charge on any atom is 0.252 e. The molecule has 4 nitrogen and oxygen atoms in total. The van der Waals surface area contributed by atoms with Crippen LogP contribution in [-0.4, -0.2) is 37.4 Å². The highest BCUT2D eigenvalue weighted by molar-refractivity contribution is 9.11. The molecule has 0 spiro atoms. The Balaban J connectivity index is 2.76. The number of hydrogen-bond donors (Lipinski definition) is 2. The molecular weight excluding hydrogens is 366 g/mol. The molecule has 100 valence electrons. The van der Waals surface area contributed by atoms with E-state index < -0.39 is 0 Å². The Morgan fingerprint density at radius 3 is 2.83 bits per heavy atom. The Bertz CT molecular complexity index is 406. The molecule has 0 aliphatic carbocycles. The molecule has 0 bridgehead atoms. The Labute approximate surface area is 123 Å². The van der Waals surface area contributed by atoms with Gasteiger partial charge in [-0.15, -0.1) is 0 Å². The van der Waals surface area contributed by atoms with Crippen molar-refractivity contribution in [1.29, 1.82) is 0 Å². The van der Waals surface area contributed by atoms with Crippen LogP contribution in [0.25, 0.3) is 0 Å². The number of aliphatic hydroxyl groups is 1. The summed E-state index contributed by atoms with van der Waals surface area (Å²) in [7, 11) is 1.56. The SMILES string of the molecule is COCC(CCO)NC(=O)c1cc(Br)ccc1Br. The molecule has 1 aromatic rings. The van der Waals surface area contributed by atoms with Crippen LogP contribution < -0.4 is 5.32 Å². The van der Waals surface area contributed by atoms with Gasteiger partial charge in [0.05, 0.1) is 18.2 Å². The molecule has 0 heterocycles. The van der Waals surface area contributed by atoms with E-state index in [4.69, 9.17) is 9.84 Å². The van der Waals surface area contributed by atoms with Crippen molar-refractivity contribution in [3.8, 4) is 0 Å². The van der Waals surface area contributed by atoms with Gasteiger partial charge in [0, 0.05) is 22.7 Å². The molecule has 1 rings (SSSR count). The van der Waals surface area contributed by atoms with Crippen LogP contribution in [0.3, 0.4) is 0 Å². The fraction of sp³-hybridized carbons (Fsp3) is 0.417. The average Bonchev–Trinajstić information content (AvgIpc) is 2.33. The fourth-order valence-corrected chi connectivity index (χ4v) is 2.28. The molecular formula is C12H15Br2NO3. The summed E-state index contributed by atoms with van der Waals surface area (Å²) in [5.41, 5.74) is 0.545. The van der Waals surface area contributed by atoms with Gasteiger partial charge in [0.2, 0.25) is 0 Å². The minimum Gasteiger partial charge on any atom is -0.396 e. The van der Waals surface area contributed by atoms with E-state index in [1.165, 1.54) is 0 Å². The van der Waals surface area contributed by atoms with Crippen LogP contribution in [0.15, 0.2) is 27.1 Å². The predicted molar refractivity (Wildman–Crippen MR) is 76.7 cm³/mol. The van der Waals surface area contributed by atoms with Crippen molar-refractivity contribution in [3.05, 3.63) is 32.7 Å². The number of ether oxygens (including phenoxy) is 1. The summed E-state index contributed by atoms with van der Waals surface area (Å²) in [4.78, 5) is 12.1. The first-order valence-electron chi connectivity index (χ1n) is 5.44. The summed E-state index contributed by atoms with van der Waals surface area (Å²) in [6.07, 6.45) is 0.463. The van der Waals surface area contributed by atoms with Crippen LogP contribution in [0.4, 0.5) is 0 Å². The van der Waals surface area contributed by atoms with Crippen LogP contribution in [0, 0.1) is 0 Å². The summed E-state index contributed by atoms with van der Waals surface area (Å²) < 4.78 is 6.56. The summed E-state index contributed by atoms with van der Waals surface area (Å²) in [5, 5.41) is 11.8. The van der Waals surface area contributed by atoms with E-state index in [9.17, 15) is 4.79 Å². The zero-order valence-corrected chi connectivity index (χ0v) is 13.1. The molecule has 2 N–H and O–H groups in total. The third-order valence-corrected chi connectivity index (χ3v) is 3.54. The minimum atomic E-state index is -0.196. The van der Waals surface area contributed by atoms with Gasteiger partial charge in [-0.1, -0.05) is 15.9 Å². The monoisotopic (exact) mass is 379 g/mol. The smallest absolute Gasteiger partial charge is 0.252 e. The number of halogens is 2. The lowest BCUT2D eigenvalue weighted by Gasteiger charge is -2.17. The molecule has 18 heavy (non-hydrogen) atoms. The lowest BCUT2D eigenvalue weighted by molar-refractivity contribution is 0.0878.